The Morgan fingerprint density at radius 2 is 1.23 bits per heavy atom. The molecule has 0 bridgehead atoms. The number of hydrogen-bond acceptors (Lipinski definition) is 6. The topological polar surface area (TPSA) is 49.4 Å². The Morgan fingerprint density at radius 1 is 0.744 bits per heavy atom. The summed E-state index contributed by atoms with van der Waals surface area (Å²) in [4.78, 5) is 0. The van der Waals surface area contributed by atoms with Crippen LogP contribution in [0.3, 0.4) is 0 Å². The molecule has 3 aromatic carbocycles. The predicted octanol–water partition coefficient (Wildman–Crippen LogP) is 7.75. The van der Waals surface area contributed by atoms with Crippen LogP contribution in [0.4, 0.5) is 0 Å². The molecule has 0 aliphatic carbocycles. The van der Waals surface area contributed by atoms with Gasteiger partial charge in [0, 0.05) is 17.5 Å². The fraction of sp³-hybridized carbons (Fsp3) is 0.444. The molecule has 232 valence electrons. The van der Waals surface area contributed by atoms with Gasteiger partial charge >= 0.3 is 0 Å². The summed E-state index contributed by atoms with van der Waals surface area (Å²) in [7, 11) is 2.51. The second-order valence-corrected chi connectivity index (χ2v) is 13.3. The van der Waals surface area contributed by atoms with Gasteiger partial charge in [-0.25, -0.2) is 0 Å². The minimum absolute atomic E-state index is 0.224. The zero-order chi connectivity index (χ0) is 31.5. The van der Waals surface area contributed by atoms with Crippen molar-refractivity contribution in [3.05, 3.63) is 95.6 Å². The summed E-state index contributed by atoms with van der Waals surface area (Å²) < 4.78 is 33.2. The Balaban J connectivity index is 2.08. The second kappa shape index (κ2) is 16.2. The van der Waals surface area contributed by atoms with Crippen molar-refractivity contribution in [1.29, 1.82) is 0 Å². The van der Waals surface area contributed by atoms with Gasteiger partial charge in [0.25, 0.3) is 0 Å². The number of hydrogen-bond donors (Lipinski definition) is 0. The third kappa shape index (κ3) is 8.82. The highest BCUT2D eigenvalue weighted by Gasteiger charge is 2.41. The molecule has 0 N–H and O–H groups in total. The number of benzene rings is 3. The maximum absolute atomic E-state index is 7.22. The van der Waals surface area contributed by atoms with Gasteiger partial charge in [-0.15, -0.1) is 6.42 Å². The Labute approximate surface area is 260 Å². The monoisotopic (exact) mass is 605 g/mol. The lowest BCUT2D eigenvalue weighted by Crippen LogP contribution is -2.41. The molecule has 43 heavy (non-hydrogen) atoms. The van der Waals surface area contributed by atoms with E-state index in [-0.39, 0.29) is 6.61 Å². The van der Waals surface area contributed by atoms with Crippen LogP contribution < -0.4 is 9.47 Å². The first-order valence-electron chi connectivity index (χ1n) is 14.7. The molecule has 2 atom stereocenters. The van der Waals surface area contributed by atoms with Gasteiger partial charge in [-0.3, -0.25) is 4.67 Å². The third-order valence-electron chi connectivity index (χ3n) is 7.43. The Morgan fingerprint density at radius 3 is 1.67 bits per heavy atom. The molecule has 2 unspecified atom stereocenters. The molecule has 0 saturated carbocycles. The van der Waals surface area contributed by atoms with Crippen LogP contribution in [0.15, 0.2) is 78.9 Å². The molecule has 0 aromatic heterocycles. The van der Waals surface area contributed by atoms with Crippen molar-refractivity contribution in [2.75, 3.05) is 47.3 Å². The fourth-order valence-electron chi connectivity index (χ4n) is 5.40. The Kier molecular flexibility index (Phi) is 13.1. The molecule has 6 nitrogen and oxygen atoms in total. The van der Waals surface area contributed by atoms with E-state index in [0.717, 1.165) is 28.2 Å². The third-order valence-corrected chi connectivity index (χ3v) is 9.51. The van der Waals surface area contributed by atoms with Gasteiger partial charge in [-0.05, 0) is 75.3 Å². The van der Waals surface area contributed by atoms with Crippen LogP contribution in [-0.2, 0) is 19.6 Å². The number of rotatable bonds is 17. The first kappa shape index (κ1) is 34.6. The van der Waals surface area contributed by atoms with Crippen LogP contribution >= 0.6 is 8.30 Å². The van der Waals surface area contributed by atoms with E-state index in [1.54, 1.807) is 14.2 Å². The zero-order valence-electron chi connectivity index (χ0n) is 27.0. The van der Waals surface area contributed by atoms with E-state index in [4.69, 9.17) is 29.9 Å². The average Bonchev–Trinajstić information content (AvgIpc) is 3.01. The van der Waals surface area contributed by atoms with Crippen molar-refractivity contribution >= 4 is 8.30 Å². The lowest BCUT2D eigenvalue weighted by molar-refractivity contribution is -0.0751. The van der Waals surface area contributed by atoms with Crippen LogP contribution in [0, 0.1) is 17.8 Å². The van der Waals surface area contributed by atoms with Gasteiger partial charge in [0.15, 0.2) is 0 Å². The van der Waals surface area contributed by atoms with Crippen LogP contribution in [-0.4, -0.2) is 64.1 Å². The number of nitrogens with zero attached hydrogens (tertiary/aromatic N) is 1. The molecule has 0 radical (unpaired) electrons. The van der Waals surface area contributed by atoms with Crippen molar-refractivity contribution in [1.82, 2.24) is 4.67 Å². The number of ether oxygens (including phenoxy) is 4. The Bertz CT molecular complexity index is 1220. The van der Waals surface area contributed by atoms with E-state index >= 15 is 0 Å². The van der Waals surface area contributed by atoms with Gasteiger partial charge in [-0.2, -0.15) is 0 Å². The highest BCUT2D eigenvalue weighted by Crippen LogP contribution is 2.45. The lowest BCUT2D eigenvalue weighted by Gasteiger charge is -2.41. The largest absolute Gasteiger partial charge is 0.497 e. The smallest absolute Gasteiger partial charge is 0.143 e. The molecular formula is C36H48NO5P. The van der Waals surface area contributed by atoms with E-state index in [0.29, 0.717) is 31.9 Å². The van der Waals surface area contributed by atoms with Crippen LogP contribution in [0.5, 0.6) is 11.5 Å². The molecule has 0 fully saturated rings. The maximum atomic E-state index is 7.22. The van der Waals surface area contributed by atoms with Crippen molar-refractivity contribution < 1.29 is 23.5 Å². The van der Waals surface area contributed by atoms with Gasteiger partial charge < -0.3 is 23.5 Å². The summed E-state index contributed by atoms with van der Waals surface area (Å²) in [5.74, 6) is 4.14. The molecule has 0 saturated heterocycles. The highest BCUT2D eigenvalue weighted by molar-refractivity contribution is 7.49. The maximum Gasteiger partial charge on any atom is 0.143 e. The summed E-state index contributed by atoms with van der Waals surface area (Å²) in [6.45, 7) is 14.5. The molecule has 0 spiro atoms. The molecule has 0 aliphatic rings. The molecule has 7 heteroatoms. The van der Waals surface area contributed by atoms with Crippen molar-refractivity contribution in [2.45, 2.75) is 52.3 Å². The molecule has 0 amide bonds. The van der Waals surface area contributed by atoms with Gasteiger partial charge in [0.05, 0.1) is 34.0 Å². The zero-order valence-corrected chi connectivity index (χ0v) is 27.9. The van der Waals surface area contributed by atoms with Crippen molar-refractivity contribution in [3.63, 3.8) is 0 Å². The molecule has 0 heterocycles. The van der Waals surface area contributed by atoms with Crippen molar-refractivity contribution in [3.8, 4) is 23.8 Å². The number of terminal acetylenes is 1. The average molecular weight is 606 g/mol. The predicted molar refractivity (Wildman–Crippen MR) is 177 cm³/mol. The molecule has 3 rings (SSSR count). The summed E-state index contributed by atoms with van der Waals surface area (Å²) >= 11 is 0. The molecule has 0 aliphatic heterocycles. The van der Waals surface area contributed by atoms with Crippen molar-refractivity contribution in [2.24, 2.45) is 5.41 Å². The number of methoxy groups -OCH3 is 2. The van der Waals surface area contributed by atoms with Gasteiger partial charge in [0.2, 0.25) is 0 Å². The SMILES string of the molecule is C#CCOCC(C)(COP(C)N(C(C)C)C(C)C)COC(c1ccccc1)(c1ccc(OC)cc1)c1ccc(OC)cc1. The van der Waals surface area contributed by atoms with E-state index in [1.165, 1.54) is 0 Å². The van der Waals surface area contributed by atoms with Gasteiger partial charge in [0.1, 0.15) is 32.0 Å². The molecular weight excluding hydrogens is 557 g/mol. The summed E-state index contributed by atoms with van der Waals surface area (Å²) in [5, 5.41) is 0. The summed E-state index contributed by atoms with van der Waals surface area (Å²) in [5.41, 5.74) is 1.52. The first-order valence-corrected chi connectivity index (χ1v) is 16.4. The summed E-state index contributed by atoms with van der Waals surface area (Å²) in [6, 6.07) is 27.1. The quantitative estimate of drug-likeness (QED) is 0.0679. The minimum Gasteiger partial charge on any atom is -0.497 e. The lowest BCUT2D eigenvalue weighted by atomic mass is 9.79. The summed E-state index contributed by atoms with van der Waals surface area (Å²) in [6.07, 6.45) is 5.54. The minimum atomic E-state index is -0.938. The van der Waals surface area contributed by atoms with E-state index in [2.05, 4.69) is 88.3 Å². The second-order valence-electron chi connectivity index (χ2n) is 11.6. The van der Waals surface area contributed by atoms with E-state index in [1.807, 2.05) is 42.5 Å². The van der Waals surface area contributed by atoms with E-state index in [9.17, 15) is 0 Å². The van der Waals surface area contributed by atoms with Crippen LogP contribution in [0.1, 0.15) is 51.3 Å². The highest BCUT2D eigenvalue weighted by atomic mass is 31.2. The molecule has 3 aromatic rings. The normalized spacial score (nSPS) is 14.0. The Hall–Kier alpha value is -2.91. The van der Waals surface area contributed by atoms with Crippen LogP contribution in [0.2, 0.25) is 0 Å². The first-order chi connectivity index (χ1) is 20.6. The van der Waals surface area contributed by atoms with Crippen LogP contribution in [0.25, 0.3) is 0 Å². The standard InChI is InChI=1S/C36H48NO5P/c1-10-24-40-25-35(6,27-42-43(9)37(28(2)3)29(4)5)26-41-36(30-14-12-11-13-15-30,31-16-20-33(38-7)21-17-31)32-18-22-34(39-8)23-19-32/h1,11-23,28-29H,24-27H2,2-9H3. The van der Waals surface area contributed by atoms with Gasteiger partial charge in [-0.1, -0.05) is 67.4 Å². The van der Waals surface area contributed by atoms with E-state index < -0.39 is 19.3 Å². The fourth-order valence-corrected chi connectivity index (χ4v) is 7.33.